The van der Waals surface area contributed by atoms with Crippen LogP contribution in [0.15, 0.2) is 11.3 Å². The molecule has 0 saturated heterocycles. The van der Waals surface area contributed by atoms with Gasteiger partial charge in [0.05, 0.1) is 5.41 Å². The number of ketones is 1. The summed E-state index contributed by atoms with van der Waals surface area (Å²) in [7, 11) is 0. The van der Waals surface area contributed by atoms with Gasteiger partial charge in [0.25, 0.3) is 0 Å². The molecule has 0 aromatic heterocycles. The molecule has 1 amide bonds. The summed E-state index contributed by atoms with van der Waals surface area (Å²) in [5.74, 6) is 0.705. The van der Waals surface area contributed by atoms with E-state index in [4.69, 9.17) is 23.2 Å². The minimum atomic E-state index is -0.983. The molecule has 1 N–H and O–H groups in total. The third-order valence-corrected chi connectivity index (χ3v) is 6.63. The number of carbonyl (C=O) groups excluding carboxylic acids is 2. The second kappa shape index (κ2) is 3.80. The summed E-state index contributed by atoms with van der Waals surface area (Å²) < 4.78 is -0.983. The molecule has 3 aliphatic carbocycles. The number of alkyl halides is 2. The molecule has 0 bridgehead atoms. The molecule has 0 aliphatic heterocycles. The van der Waals surface area contributed by atoms with E-state index < -0.39 is 9.75 Å². The van der Waals surface area contributed by atoms with Crippen LogP contribution in [-0.4, -0.2) is 16.0 Å². The number of hydrogen-bond donors (Lipinski definition) is 1. The van der Waals surface area contributed by atoms with Crippen molar-refractivity contribution in [3.63, 3.8) is 0 Å². The molecule has 3 fully saturated rings. The largest absolute Gasteiger partial charge is 0.329 e. The highest BCUT2D eigenvalue weighted by molar-refractivity contribution is 6.53. The van der Waals surface area contributed by atoms with Crippen molar-refractivity contribution in [2.45, 2.75) is 44.9 Å². The lowest BCUT2D eigenvalue weighted by Gasteiger charge is -2.16. The zero-order valence-electron chi connectivity index (χ0n) is 12.1. The van der Waals surface area contributed by atoms with Crippen LogP contribution < -0.4 is 5.32 Å². The van der Waals surface area contributed by atoms with Gasteiger partial charge >= 0.3 is 0 Å². The summed E-state index contributed by atoms with van der Waals surface area (Å²) in [6.45, 7) is 7.90. The van der Waals surface area contributed by atoms with Gasteiger partial charge in [-0.25, -0.2) is 0 Å². The van der Waals surface area contributed by atoms with E-state index in [0.717, 1.165) is 5.57 Å². The molecule has 0 heterocycles. The normalized spacial score (nSPS) is 42.0. The number of halogens is 2. The molecule has 0 spiro atoms. The van der Waals surface area contributed by atoms with Gasteiger partial charge in [-0.1, -0.05) is 13.8 Å². The molecule has 5 heteroatoms. The minimum absolute atomic E-state index is 0.168. The van der Waals surface area contributed by atoms with Gasteiger partial charge in [-0.15, -0.1) is 23.2 Å². The highest BCUT2D eigenvalue weighted by Gasteiger charge is 2.68. The average Bonchev–Trinajstić information content (AvgIpc) is 2.92. The second-order valence-electron chi connectivity index (χ2n) is 7.24. The van der Waals surface area contributed by atoms with Gasteiger partial charge in [0.1, 0.15) is 4.33 Å². The van der Waals surface area contributed by atoms with Gasteiger partial charge in [0, 0.05) is 17.7 Å². The molecule has 0 radical (unpaired) electrons. The Balaban J connectivity index is 1.80. The van der Waals surface area contributed by atoms with E-state index in [2.05, 4.69) is 19.2 Å². The van der Waals surface area contributed by atoms with Crippen molar-refractivity contribution in [2.75, 3.05) is 0 Å². The van der Waals surface area contributed by atoms with Crippen LogP contribution in [0.2, 0.25) is 0 Å². The Morgan fingerprint density at radius 1 is 1.30 bits per heavy atom. The first kappa shape index (κ1) is 14.4. The lowest BCUT2D eigenvalue weighted by atomic mass is 9.95. The topological polar surface area (TPSA) is 46.2 Å². The van der Waals surface area contributed by atoms with Gasteiger partial charge in [-0.3, -0.25) is 9.59 Å². The van der Waals surface area contributed by atoms with Crippen LogP contribution in [0.1, 0.15) is 40.5 Å². The Bertz CT molecular complexity index is 564. The first-order chi connectivity index (χ1) is 9.02. The zero-order valence-corrected chi connectivity index (χ0v) is 13.7. The van der Waals surface area contributed by atoms with Gasteiger partial charge < -0.3 is 5.32 Å². The number of hydrogen-bond acceptors (Lipinski definition) is 2. The van der Waals surface area contributed by atoms with E-state index in [0.29, 0.717) is 30.4 Å². The third-order valence-electron chi connectivity index (χ3n) is 5.53. The van der Waals surface area contributed by atoms with Crippen LogP contribution in [-0.2, 0) is 9.59 Å². The van der Waals surface area contributed by atoms with Gasteiger partial charge in [-0.05, 0) is 37.5 Å². The Labute approximate surface area is 129 Å². The Hall–Kier alpha value is -0.540. The summed E-state index contributed by atoms with van der Waals surface area (Å²) in [5, 5.41) is 2.86. The summed E-state index contributed by atoms with van der Waals surface area (Å²) in [4.78, 5) is 24.3. The Morgan fingerprint density at radius 2 is 1.85 bits per heavy atom. The molecule has 0 aromatic carbocycles. The average molecular weight is 316 g/mol. The molecule has 3 saturated carbocycles. The number of fused-ring (bicyclic) bond motifs is 1. The fourth-order valence-electron chi connectivity index (χ4n) is 3.65. The lowest BCUT2D eigenvalue weighted by Crippen LogP contribution is -2.33. The quantitative estimate of drug-likeness (QED) is 0.628. The van der Waals surface area contributed by atoms with Crippen molar-refractivity contribution >= 4 is 34.9 Å². The zero-order chi connectivity index (χ0) is 15.1. The minimum Gasteiger partial charge on any atom is -0.329 e. The number of allylic oxidation sites excluding steroid dienone is 2. The molecule has 0 aromatic rings. The van der Waals surface area contributed by atoms with Crippen LogP contribution in [0.4, 0.5) is 0 Å². The van der Waals surface area contributed by atoms with Crippen LogP contribution in [0.5, 0.6) is 0 Å². The standard InChI is InChI=1S/C15H19Cl2NO2/c1-7(18-12(20)14(4)6-15(14,16)17)10-9(19)5-8-11(10)13(8,2)3/h8,11H,5-6H2,1-4H3,(H,18,20)/b10-7+/t8-,11-,14?/m1/s1. The predicted molar refractivity (Wildman–Crippen MR) is 78.4 cm³/mol. The molecular weight excluding hydrogens is 297 g/mol. The molecule has 110 valence electrons. The van der Waals surface area contributed by atoms with Crippen molar-refractivity contribution < 1.29 is 9.59 Å². The maximum Gasteiger partial charge on any atom is 0.233 e. The molecular formula is C15H19Cl2NO2. The smallest absolute Gasteiger partial charge is 0.233 e. The highest BCUT2D eigenvalue weighted by Crippen LogP contribution is 2.68. The van der Waals surface area contributed by atoms with Gasteiger partial charge in [-0.2, -0.15) is 0 Å². The Kier molecular flexibility index (Phi) is 2.74. The van der Waals surface area contributed by atoms with Crippen molar-refractivity contribution in [1.82, 2.24) is 5.32 Å². The maximum absolute atomic E-state index is 12.3. The Morgan fingerprint density at radius 3 is 2.30 bits per heavy atom. The van der Waals surface area contributed by atoms with E-state index in [-0.39, 0.29) is 17.1 Å². The molecule has 3 atom stereocenters. The number of nitrogens with one attached hydrogen (secondary N) is 1. The highest BCUT2D eigenvalue weighted by atomic mass is 35.5. The van der Waals surface area contributed by atoms with Crippen LogP contribution >= 0.6 is 23.2 Å². The lowest BCUT2D eigenvalue weighted by molar-refractivity contribution is -0.125. The third kappa shape index (κ3) is 1.72. The summed E-state index contributed by atoms with van der Waals surface area (Å²) >= 11 is 12.0. The predicted octanol–water partition coefficient (Wildman–Crippen LogP) is 3.21. The van der Waals surface area contributed by atoms with Crippen molar-refractivity contribution in [3.8, 4) is 0 Å². The summed E-state index contributed by atoms with van der Waals surface area (Å²) in [6.07, 6.45) is 1.05. The van der Waals surface area contributed by atoms with Gasteiger partial charge in [0.2, 0.25) is 5.91 Å². The summed E-state index contributed by atoms with van der Waals surface area (Å²) in [5.41, 5.74) is 0.905. The SMILES string of the molecule is C/C(NC(=O)C1(C)CC1(Cl)Cl)=C1/C(=O)C[C@@H]2[C@H]1C2(C)C. The van der Waals surface area contributed by atoms with E-state index in [1.165, 1.54) is 0 Å². The van der Waals surface area contributed by atoms with Crippen LogP contribution in [0.25, 0.3) is 0 Å². The van der Waals surface area contributed by atoms with E-state index in [9.17, 15) is 9.59 Å². The summed E-state index contributed by atoms with van der Waals surface area (Å²) in [6, 6.07) is 0. The number of carbonyl (C=O) groups is 2. The monoisotopic (exact) mass is 315 g/mol. The molecule has 3 nitrogen and oxygen atoms in total. The maximum atomic E-state index is 12.3. The van der Waals surface area contributed by atoms with Crippen LogP contribution in [0.3, 0.4) is 0 Å². The van der Waals surface area contributed by atoms with E-state index in [1.807, 2.05) is 0 Å². The molecule has 20 heavy (non-hydrogen) atoms. The first-order valence-electron chi connectivity index (χ1n) is 6.95. The van der Waals surface area contributed by atoms with E-state index >= 15 is 0 Å². The van der Waals surface area contributed by atoms with Crippen LogP contribution in [0, 0.1) is 22.7 Å². The van der Waals surface area contributed by atoms with E-state index in [1.54, 1.807) is 13.8 Å². The number of amides is 1. The van der Waals surface area contributed by atoms with Crippen molar-refractivity contribution in [1.29, 1.82) is 0 Å². The number of rotatable bonds is 2. The first-order valence-corrected chi connectivity index (χ1v) is 7.71. The fraction of sp³-hybridized carbons (Fsp3) is 0.733. The molecule has 1 unspecified atom stereocenters. The van der Waals surface area contributed by atoms with Crippen molar-refractivity contribution in [2.24, 2.45) is 22.7 Å². The molecule has 3 aliphatic rings. The van der Waals surface area contributed by atoms with Crippen molar-refractivity contribution in [3.05, 3.63) is 11.3 Å². The number of Topliss-reactive ketones (excluding diaryl/α,β-unsaturated/α-hetero) is 1. The second-order valence-corrected chi connectivity index (χ2v) is 8.72. The molecule has 3 rings (SSSR count). The fourth-order valence-corrected chi connectivity index (χ4v) is 4.35. The van der Waals surface area contributed by atoms with Gasteiger partial charge in [0.15, 0.2) is 5.78 Å².